The van der Waals surface area contributed by atoms with Crippen molar-refractivity contribution in [1.82, 2.24) is 4.31 Å². The molecule has 1 aliphatic heterocycles. The zero-order valence-corrected chi connectivity index (χ0v) is 11.7. The van der Waals surface area contributed by atoms with Gasteiger partial charge in [0.05, 0.1) is 5.75 Å². The average Bonchev–Trinajstić information content (AvgIpc) is 2.97. The molecule has 0 spiro atoms. The van der Waals surface area contributed by atoms with Crippen molar-refractivity contribution >= 4 is 10.0 Å². The van der Waals surface area contributed by atoms with Crippen LogP contribution in [0.4, 0.5) is 0 Å². The summed E-state index contributed by atoms with van der Waals surface area (Å²) < 4.78 is 26.6. The maximum Gasteiger partial charge on any atom is 0.214 e. The summed E-state index contributed by atoms with van der Waals surface area (Å²) in [5, 5.41) is 0. The van der Waals surface area contributed by atoms with E-state index in [1.165, 1.54) is 12.8 Å². The van der Waals surface area contributed by atoms with E-state index in [1.54, 1.807) is 4.31 Å². The van der Waals surface area contributed by atoms with Crippen LogP contribution >= 0.6 is 0 Å². The second-order valence-corrected chi connectivity index (χ2v) is 8.42. The second-order valence-electron chi connectivity index (χ2n) is 6.41. The van der Waals surface area contributed by atoms with Crippen LogP contribution in [0.2, 0.25) is 0 Å². The van der Waals surface area contributed by atoms with Crippen LogP contribution in [0.1, 0.15) is 38.5 Å². The Hall–Kier alpha value is -0.130. The molecular weight excluding hydrogens is 248 g/mol. The highest BCUT2D eigenvalue weighted by molar-refractivity contribution is 7.89. The minimum absolute atomic E-state index is 0.224. The Morgan fingerprint density at radius 3 is 2.44 bits per heavy atom. The van der Waals surface area contributed by atoms with Crippen LogP contribution in [0.15, 0.2) is 0 Å². The molecule has 1 saturated heterocycles. The molecule has 0 aromatic heterocycles. The standard InChI is InChI=1S/C13H24N2O2S/c14-13-6-5-11-7-15(8-12(11)13)18(16,17)9-10-3-1-2-4-10/h10-13H,1-9,14H2. The van der Waals surface area contributed by atoms with Crippen LogP contribution in [0, 0.1) is 17.8 Å². The van der Waals surface area contributed by atoms with Gasteiger partial charge in [-0.3, -0.25) is 0 Å². The highest BCUT2D eigenvalue weighted by atomic mass is 32.2. The van der Waals surface area contributed by atoms with Crippen LogP contribution in [0.25, 0.3) is 0 Å². The van der Waals surface area contributed by atoms with Crippen molar-refractivity contribution in [3.8, 4) is 0 Å². The van der Waals surface area contributed by atoms with Gasteiger partial charge in [0.2, 0.25) is 10.0 Å². The number of nitrogens with zero attached hydrogens (tertiary/aromatic N) is 1. The molecule has 0 aromatic rings. The van der Waals surface area contributed by atoms with E-state index in [1.807, 2.05) is 0 Å². The lowest BCUT2D eigenvalue weighted by Gasteiger charge is -2.20. The van der Waals surface area contributed by atoms with E-state index in [4.69, 9.17) is 5.73 Å². The summed E-state index contributed by atoms with van der Waals surface area (Å²) >= 11 is 0. The smallest absolute Gasteiger partial charge is 0.214 e. The van der Waals surface area contributed by atoms with Crippen LogP contribution in [-0.4, -0.2) is 37.6 Å². The van der Waals surface area contributed by atoms with E-state index in [0.29, 0.717) is 30.1 Å². The number of hydrogen-bond donors (Lipinski definition) is 1. The van der Waals surface area contributed by atoms with Gasteiger partial charge in [0.1, 0.15) is 0 Å². The zero-order chi connectivity index (χ0) is 12.8. The molecule has 1 heterocycles. The Kier molecular flexibility index (Phi) is 3.41. The van der Waals surface area contributed by atoms with E-state index in [9.17, 15) is 8.42 Å². The van der Waals surface area contributed by atoms with Crippen molar-refractivity contribution < 1.29 is 8.42 Å². The van der Waals surface area contributed by atoms with Gasteiger partial charge in [-0.2, -0.15) is 0 Å². The predicted octanol–water partition coefficient (Wildman–Crippen LogP) is 1.18. The molecule has 2 saturated carbocycles. The molecular formula is C13H24N2O2S. The molecule has 0 bridgehead atoms. The largest absolute Gasteiger partial charge is 0.327 e. The molecule has 3 unspecified atom stereocenters. The van der Waals surface area contributed by atoms with E-state index in [0.717, 1.165) is 32.2 Å². The topological polar surface area (TPSA) is 63.4 Å². The van der Waals surface area contributed by atoms with Gasteiger partial charge in [0.25, 0.3) is 0 Å². The molecule has 18 heavy (non-hydrogen) atoms. The SMILES string of the molecule is NC1CCC2CN(S(=O)(=O)CC3CCCC3)CC12. The summed E-state index contributed by atoms with van der Waals surface area (Å²) in [6.07, 6.45) is 6.79. The Labute approximate surface area is 110 Å². The number of fused-ring (bicyclic) bond motifs is 1. The lowest BCUT2D eigenvalue weighted by Crippen LogP contribution is -2.36. The maximum absolute atomic E-state index is 12.4. The number of rotatable bonds is 3. The molecule has 104 valence electrons. The summed E-state index contributed by atoms with van der Waals surface area (Å²) in [6.45, 7) is 1.41. The molecule has 0 aromatic carbocycles. The van der Waals surface area contributed by atoms with Crippen LogP contribution in [-0.2, 0) is 10.0 Å². The third-order valence-corrected chi connectivity index (χ3v) is 7.17. The Bertz CT molecular complexity index is 403. The first-order valence-corrected chi connectivity index (χ1v) is 8.90. The Morgan fingerprint density at radius 2 is 1.78 bits per heavy atom. The number of hydrogen-bond acceptors (Lipinski definition) is 3. The van der Waals surface area contributed by atoms with E-state index in [2.05, 4.69) is 0 Å². The lowest BCUT2D eigenvalue weighted by atomic mass is 9.98. The zero-order valence-electron chi connectivity index (χ0n) is 10.9. The van der Waals surface area contributed by atoms with E-state index < -0.39 is 10.0 Å². The van der Waals surface area contributed by atoms with Crippen molar-refractivity contribution in [3.05, 3.63) is 0 Å². The van der Waals surface area contributed by atoms with Gasteiger partial charge in [-0.05, 0) is 43.4 Å². The predicted molar refractivity (Wildman–Crippen MR) is 71.5 cm³/mol. The van der Waals surface area contributed by atoms with Gasteiger partial charge >= 0.3 is 0 Å². The van der Waals surface area contributed by atoms with E-state index in [-0.39, 0.29) is 6.04 Å². The van der Waals surface area contributed by atoms with E-state index >= 15 is 0 Å². The van der Waals surface area contributed by atoms with Crippen molar-refractivity contribution in [2.75, 3.05) is 18.8 Å². The van der Waals surface area contributed by atoms with Gasteiger partial charge in [0, 0.05) is 19.1 Å². The fourth-order valence-electron chi connectivity index (χ4n) is 4.07. The monoisotopic (exact) mass is 272 g/mol. The summed E-state index contributed by atoms with van der Waals surface area (Å²) in [5.41, 5.74) is 6.07. The molecule has 2 aliphatic carbocycles. The molecule has 5 heteroatoms. The molecule has 2 N–H and O–H groups in total. The molecule has 3 aliphatic rings. The van der Waals surface area contributed by atoms with Gasteiger partial charge in [0.15, 0.2) is 0 Å². The van der Waals surface area contributed by atoms with Crippen molar-refractivity contribution in [2.45, 2.75) is 44.6 Å². The molecule has 0 amide bonds. The van der Waals surface area contributed by atoms with Gasteiger partial charge in [-0.25, -0.2) is 12.7 Å². The first kappa shape index (κ1) is 12.9. The third kappa shape index (κ3) is 2.32. The summed E-state index contributed by atoms with van der Waals surface area (Å²) in [5.74, 6) is 1.73. The minimum atomic E-state index is -3.03. The molecule has 3 fully saturated rings. The fourth-order valence-corrected chi connectivity index (χ4v) is 6.03. The summed E-state index contributed by atoms with van der Waals surface area (Å²) in [7, 11) is -3.03. The summed E-state index contributed by atoms with van der Waals surface area (Å²) in [6, 6.07) is 0.224. The van der Waals surface area contributed by atoms with Gasteiger partial charge in [-0.1, -0.05) is 12.8 Å². The van der Waals surface area contributed by atoms with Crippen molar-refractivity contribution in [1.29, 1.82) is 0 Å². The Morgan fingerprint density at radius 1 is 1.06 bits per heavy atom. The second kappa shape index (κ2) is 4.76. The molecule has 3 atom stereocenters. The van der Waals surface area contributed by atoms with Crippen molar-refractivity contribution in [3.63, 3.8) is 0 Å². The lowest BCUT2D eigenvalue weighted by molar-refractivity contribution is 0.421. The number of sulfonamides is 1. The minimum Gasteiger partial charge on any atom is -0.327 e. The summed E-state index contributed by atoms with van der Waals surface area (Å²) in [4.78, 5) is 0. The van der Waals surface area contributed by atoms with Crippen molar-refractivity contribution in [2.24, 2.45) is 23.5 Å². The van der Waals surface area contributed by atoms with Gasteiger partial charge < -0.3 is 5.73 Å². The molecule has 4 nitrogen and oxygen atoms in total. The average molecular weight is 272 g/mol. The highest BCUT2D eigenvalue weighted by Gasteiger charge is 2.44. The molecule has 3 rings (SSSR count). The van der Waals surface area contributed by atoms with Crippen LogP contribution < -0.4 is 5.73 Å². The maximum atomic E-state index is 12.4. The van der Waals surface area contributed by atoms with Crippen LogP contribution in [0.5, 0.6) is 0 Å². The highest BCUT2D eigenvalue weighted by Crippen LogP contribution is 2.39. The fraction of sp³-hybridized carbons (Fsp3) is 1.00. The van der Waals surface area contributed by atoms with Gasteiger partial charge in [-0.15, -0.1) is 0 Å². The Balaban J connectivity index is 1.64. The first-order chi connectivity index (χ1) is 8.56. The van der Waals surface area contributed by atoms with Crippen LogP contribution in [0.3, 0.4) is 0 Å². The molecule has 0 radical (unpaired) electrons. The normalized spacial score (nSPS) is 38.4. The first-order valence-electron chi connectivity index (χ1n) is 7.29. The quantitative estimate of drug-likeness (QED) is 0.839. The third-order valence-electron chi connectivity index (χ3n) is 5.19. The number of nitrogens with two attached hydrogens (primary N) is 1.